The largest absolute Gasteiger partial charge is 0.545 e. The lowest BCUT2D eigenvalue weighted by molar-refractivity contribution is -0.297. The molecule has 0 heterocycles. The molecule has 128 valence electrons. The predicted molar refractivity (Wildman–Crippen MR) is 91.0 cm³/mol. The molecule has 0 aliphatic carbocycles. The number of ether oxygens (including phenoxy) is 2. The molecule has 0 fully saturated rings. The molecule has 0 amide bonds. The van der Waals surface area contributed by atoms with Gasteiger partial charge in [0.2, 0.25) is 0 Å². The van der Waals surface area contributed by atoms with Crippen molar-refractivity contribution in [3.8, 4) is 11.5 Å². The van der Waals surface area contributed by atoms with Crippen LogP contribution in [0.2, 0.25) is 0 Å². The van der Waals surface area contributed by atoms with Gasteiger partial charge in [-0.3, -0.25) is 0 Å². The van der Waals surface area contributed by atoms with Crippen LogP contribution in [0.25, 0.3) is 6.08 Å². The van der Waals surface area contributed by atoms with Gasteiger partial charge in [0, 0.05) is 5.88 Å². The Hall–Kier alpha value is -1.68. The number of rotatable bonds is 12. The average molecular weight is 340 g/mol. The van der Waals surface area contributed by atoms with Crippen LogP contribution in [-0.4, -0.2) is 25.6 Å². The van der Waals surface area contributed by atoms with Crippen molar-refractivity contribution in [2.45, 2.75) is 38.5 Å². The van der Waals surface area contributed by atoms with Crippen LogP contribution in [0, 0.1) is 0 Å². The van der Waals surface area contributed by atoms with Crippen molar-refractivity contribution in [1.82, 2.24) is 0 Å². The zero-order chi connectivity index (χ0) is 16.9. The number of alkyl halides is 1. The molecule has 23 heavy (non-hydrogen) atoms. The minimum Gasteiger partial charge on any atom is -0.545 e. The van der Waals surface area contributed by atoms with Gasteiger partial charge in [0.15, 0.2) is 11.5 Å². The number of halogens is 1. The van der Waals surface area contributed by atoms with E-state index >= 15 is 0 Å². The number of hydrogen-bond donors (Lipinski definition) is 0. The maximum Gasteiger partial charge on any atom is 0.161 e. The zero-order valence-electron chi connectivity index (χ0n) is 13.6. The molecule has 1 aromatic rings. The van der Waals surface area contributed by atoms with Crippen molar-refractivity contribution < 1.29 is 19.4 Å². The minimum atomic E-state index is -1.23. The topological polar surface area (TPSA) is 58.6 Å². The molecular weight excluding hydrogens is 316 g/mol. The molecule has 0 aliphatic heterocycles. The summed E-state index contributed by atoms with van der Waals surface area (Å²) in [6.45, 7) is 0.639. The fraction of sp³-hybridized carbons (Fsp3) is 0.500. The van der Waals surface area contributed by atoms with E-state index in [1.165, 1.54) is 25.3 Å². The van der Waals surface area contributed by atoms with Crippen LogP contribution in [0.4, 0.5) is 0 Å². The lowest BCUT2D eigenvalue weighted by Crippen LogP contribution is -2.18. The molecule has 0 N–H and O–H groups in total. The fourth-order valence-electron chi connectivity index (χ4n) is 2.16. The van der Waals surface area contributed by atoms with Gasteiger partial charge in [0.25, 0.3) is 0 Å². The summed E-state index contributed by atoms with van der Waals surface area (Å²) in [5.74, 6) is 0.778. The molecule has 0 spiro atoms. The van der Waals surface area contributed by atoms with E-state index in [9.17, 15) is 9.90 Å². The van der Waals surface area contributed by atoms with Crippen molar-refractivity contribution in [2.24, 2.45) is 0 Å². The first kappa shape index (κ1) is 19.4. The second-order valence-corrected chi connectivity index (χ2v) is 5.60. The standard InChI is InChI=1S/C18H25ClO4/c1-22-17-14-15(9-11-18(20)21)8-10-16(17)23-13-7-5-3-2-4-6-12-19/h8-11,14H,2-7,12-13H2,1H3,(H,20,21)/p-1/b11-9+. The van der Waals surface area contributed by atoms with Gasteiger partial charge in [-0.15, -0.1) is 11.6 Å². The Bertz CT molecular complexity index is 500. The van der Waals surface area contributed by atoms with Gasteiger partial charge in [-0.1, -0.05) is 37.8 Å². The van der Waals surface area contributed by atoms with E-state index in [2.05, 4.69) is 0 Å². The molecular formula is C18H24ClO4-. The highest BCUT2D eigenvalue weighted by molar-refractivity contribution is 6.17. The maximum absolute atomic E-state index is 10.4. The van der Waals surface area contributed by atoms with E-state index in [-0.39, 0.29) is 0 Å². The first-order valence-corrected chi connectivity index (χ1v) is 8.46. The summed E-state index contributed by atoms with van der Waals surface area (Å²) in [5, 5.41) is 10.4. The Balaban J connectivity index is 2.37. The second-order valence-electron chi connectivity index (χ2n) is 5.22. The SMILES string of the molecule is COc1cc(/C=C/C(=O)[O-])ccc1OCCCCCCCCCl. The number of hydrogen-bond acceptors (Lipinski definition) is 4. The van der Waals surface area contributed by atoms with Crippen molar-refractivity contribution >= 4 is 23.6 Å². The van der Waals surface area contributed by atoms with Crippen molar-refractivity contribution in [3.63, 3.8) is 0 Å². The van der Waals surface area contributed by atoms with Gasteiger partial charge in [-0.05, 0) is 36.6 Å². The molecule has 1 rings (SSSR count). The van der Waals surface area contributed by atoms with Crippen LogP contribution >= 0.6 is 11.6 Å². The Morgan fingerprint density at radius 2 is 1.83 bits per heavy atom. The van der Waals surface area contributed by atoms with Crippen LogP contribution in [0.5, 0.6) is 11.5 Å². The predicted octanol–water partition coefficient (Wildman–Crippen LogP) is 3.42. The molecule has 0 unspecified atom stereocenters. The van der Waals surface area contributed by atoms with E-state index in [0.717, 1.165) is 36.8 Å². The molecule has 1 aromatic carbocycles. The van der Waals surface area contributed by atoms with Gasteiger partial charge in [0.1, 0.15) is 0 Å². The summed E-state index contributed by atoms with van der Waals surface area (Å²) in [6.07, 6.45) is 9.28. The number of unbranched alkanes of at least 4 members (excludes halogenated alkanes) is 5. The number of benzene rings is 1. The number of carbonyl (C=O) groups excluding carboxylic acids is 1. The number of carboxylic acid groups (broad SMARTS) is 1. The third-order valence-electron chi connectivity index (χ3n) is 3.39. The number of carboxylic acids is 1. The van der Waals surface area contributed by atoms with E-state index in [1.54, 1.807) is 25.3 Å². The number of carbonyl (C=O) groups is 1. The van der Waals surface area contributed by atoms with Crippen molar-refractivity contribution in [1.29, 1.82) is 0 Å². The summed E-state index contributed by atoms with van der Waals surface area (Å²) in [7, 11) is 1.56. The average Bonchev–Trinajstić information content (AvgIpc) is 2.55. The van der Waals surface area contributed by atoms with Gasteiger partial charge >= 0.3 is 0 Å². The summed E-state index contributed by atoms with van der Waals surface area (Å²) in [4.78, 5) is 10.4. The highest BCUT2D eigenvalue weighted by atomic mass is 35.5. The quantitative estimate of drug-likeness (QED) is 0.332. The van der Waals surface area contributed by atoms with Crippen LogP contribution in [0.3, 0.4) is 0 Å². The van der Waals surface area contributed by atoms with E-state index in [1.807, 2.05) is 0 Å². The third-order valence-corrected chi connectivity index (χ3v) is 3.65. The van der Waals surface area contributed by atoms with Gasteiger partial charge in [-0.25, -0.2) is 0 Å². The van der Waals surface area contributed by atoms with Crippen LogP contribution < -0.4 is 14.6 Å². The zero-order valence-corrected chi connectivity index (χ0v) is 14.3. The normalized spacial score (nSPS) is 10.9. The lowest BCUT2D eigenvalue weighted by atomic mass is 10.1. The molecule has 0 bridgehead atoms. The lowest BCUT2D eigenvalue weighted by Gasteiger charge is -2.11. The van der Waals surface area contributed by atoms with E-state index < -0.39 is 5.97 Å². The molecule has 0 saturated heterocycles. The fourth-order valence-corrected chi connectivity index (χ4v) is 2.35. The van der Waals surface area contributed by atoms with Gasteiger partial charge < -0.3 is 19.4 Å². The molecule has 0 saturated carbocycles. The molecule has 4 nitrogen and oxygen atoms in total. The highest BCUT2D eigenvalue weighted by Gasteiger charge is 2.04. The van der Waals surface area contributed by atoms with Gasteiger partial charge in [-0.2, -0.15) is 0 Å². The first-order valence-electron chi connectivity index (χ1n) is 7.93. The Kier molecular flexibility index (Phi) is 9.96. The number of methoxy groups -OCH3 is 1. The Labute approximate surface area is 143 Å². The Morgan fingerprint density at radius 3 is 2.48 bits per heavy atom. The smallest absolute Gasteiger partial charge is 0.161 e. The van der Waals surface area contributed by atoms with Crippen molar-refractivity contribution in [2.75, 3.05) is 19.6 Å². The molecule has 0 aromatic heterocycles. The summed E-state index contributed by atoms with van der Waals surface area (Å²) in [5.41, 5.74) is 0.720. The molecule has 5 heteroatoms. The Morgan fingerprint density at radius 1 is 1.13 bits per heavy atom. The van der Waals surface area contributed by atoms with Crippen LogP contribution in [0.1, 0.15) is 44.1 Å². The molecule has 0 atom stereocenters. The van der Waals surface area contributed by atoms with E-state index in [0.29, 0.717) is 18.1 Å². The monoisotopic (exact) mass is 339 g/mol. The van der Waals surface area contributed by atoms with Crippen LogP contribution in [0.15, 0.2) is 24.3 Å². The summed E-state index contributed by atoms with van der Waals surface area (Å²) >= 11 is 5.64. The highest BCUT2D eigenvalue weighted by Crippen LogP contribution is 2.28. The number of aliphatic carboxylic acids is 1. The van der Waals surface area contributed by atoms with Crippen molar-refractivity contribution in [3.05, 3.63) is 29.8 Å². The summed E-state index contributed by atoms with van der Waals surface area (Å²) < 4.78 is 11.0. The third kappa shape index (κ3) is 8.50. The first-order chi connectivity index (χ1) is 11.2. The van der Waals surface area contributed by atoms with E-state index in [4.69, 9.17) is 21.1 Å². The maximum atomic E-state index is 10.4. The minimum absolute atomic E-state index is 0.590. The second kappa shape index (κ2) is 11.8. The van der Waals surface area contributed by atoms with Crippen LogP contribution in [-0.2, 0) is 4.79 Å². The summed E-state index contributed by atoms with van der Waals surface area (Å²) in [6, 6.07) is 5.30. The van der Waals surface area contributed by atoms with Gasteiger partial charge in [0.05, 0.1) is 19.7 Å². The molecule has 0 aliphatic rings. The molecule has 0 radical (unpaired) electrons.